The number of benzene rings is 1. The summed E-state index contributed by atoms with van der Waals surface area (Å²) in [6.07, 6.45) is 4.25. The Morgan fingerprint density at radius 1 is 1.25 bits per heavy atom. The zero-order valence-corrected chi connectivity index (χ0v) is 12.7. The van der Waals surface area contributed by atoms with Gasteiger partial charge in [0, 0.05) is 26.0 Å². The zero-order chi connectivity index (χ0) is 15.0. The first-order valence-electron chi connectivity index (χ1n) is 6.08. The second kappa shape index (κ2) is 5.20. The van der Waals surface area contributed by atoms with Crippen molar-refractivity contribution >= 4 is 15.9 Å². The van der Waals surface area contributed by atoms with Gasteiger partial charge in [-0.3, -0.25) is 0 Å². The molecule has 6 heteroatoms. The maximum atomic E-state index is 11.5. The Labute approximate surface area is 119 Å². The Balaban J connectivity index is 2.39. The van der Waals surface area contributed by atoms with Gasteiger partial charge in [0.05, 0.1) is 4.90 Å². The molecule has 1 aliphatic heterocycles. The van der Waals surface area contributed by atoms with E-state index in [9.17, 15) is 8.42 Å². The molecule has 0 spiro atoms. The molecule has 1 aliphatic rings. The highest BCUT2D eigenvalue weighted by Crippen LogP contribution is 2.35. The zero-order valence-electron chi connectivity index (χ0n) is 11.9. The van der Waals surface area contributed by atoms with Crippen LogP contribution in [-0.4, -0.2) is 40.8 Å². The molecule has 1 atom stereocenters. The molecule has 1 aromatic rings. The quantitative estimate of drug-likeness (QED) is 0.794. The van der Waals surface area contributed by atoms with Crippen molar-refractivity contribution < 1.29 is 22.6 Å². The number of hydrogen-bond acceptors (Lipinski definition) is 5. The third kappa shape index (κ3) is 2.72. The predicted molar refractivity (Wildman–Crippen MR) is 75.4 cm³/mol. The predicted octanol–water partition coefficient (Wildman–Crippen LogP) is 1.87. The Hall–Kier alpha value is -1.37. The van der Waals surface area contributed by atoms with Gasteiger partial charge >= 0.3 is 0 Å². The fourth-order valence-corrected chi connectivity index (χ4v) is 2.85. The highest BCUT2D eigenvalue weighted by Gasteiger charge is 2.37. The topological polar surface area (TPSA) is 61.8 Å². The van der Waals surface area contributed by atoms with E-state index in [1.54, 1.807) is 32.4 Å². The molecule has 20 heavy (non-hydrogen) atoms. The Morgan fingerprint density at radius 2 is 1.90 bits per heavy atom. The van der Waals surface area contributed by atoms with Crippen molar-refractivity contribution in [2.75, 3.05) is 20.5 Å². The minimum atomic E-state index is -3.23. The van der Waals surface area contributed by atoms with Crippen LogP contribution in [0.4, 0.5) is 0 Å². The lowest BCUT2D eigenvalue weighted by Gasteiger charge is -2.36. The number of rotatable bonds is 4. The van der Waals surface area contributed by atoms with E-state index in [0.29, 0.717) is 5.75 Å². The van der Waals surface area contributed by atoms with E-state index in [1.807, 2.05) is 13.0 Å². The number of hydrogen-bond donors (Lipinski definition) is 0. The van der Waals surface area contributed by atoms with Crippen LogP contribution in [0.2, 0.25) is 0 Å². The molecule has 0 unspecified atom stereocenters. The van der Waals surface area contributed by atoms with Crippen LogP contribution in [0.3, 0.4) is 0 Å². The summed E-state index contributed by atoms with van der Waals surface area (Å²) in [5, 5.41) is 0. The molecule has 0 aromatic heterocycles. The molecule has 110 valence electrons. The molecule has 2 rings (SSSR count). The normalized spacial score (nSPS) is 21.6. The minimum absolute atomic E-state index is 0.267. The highest BCUT2D eigenvalue weighted by molar-refractivity contribution is 7.90. The molecule has 1 aromatic carbocycles. The van der Waals surface area contributed by atoms with Gasteiger partial charge in [0.2, 0.25) is 6.29 Å². The van der Waals surface area contributed by atoms with Crippen molar-refractivity contribution in [1.82, 2.24) is 0 Å². The average molecular weight is 298 g/mol. The molecule has 0 radical (unpaired) electrons. The first-order valence-corrected chi connectivity index (χ1v) is 7.97. The van der Waals surface area contributed by atoms with Gasteiger partial charge in [0.25, 0.3) is 0 Å². The van der Waals surface area contributed by atoms with Crippen LogP contribution in [0.25, 0.3) is 6.08 Å². The van der Waals surface area contributed by atoms with E-state index in [0.717, 1.165) is 5.56 Å². The van der Waals surface area contributed by atoms with Gasteiger partial charge in [-0.2, -0.15) is 0 Å². The van der Waals surface area contributed by atoms with Gasteiger partial charge in [-0.1, -0.05) is 6.08 Å². The highest BCUT2D eigenvalue weighted by atomic mass is 32.2. The largest absolute Gasteiger partial charge is 0.478 e. The third-order valence-electron chi connectivity index (χ3n) is 3.23. The smallest absolute Gasteiger partial charge is 0.200 e. The third-order valence-corrected chi connectivity index (χ3v) is 4.34. The first-order chi connectivity index (χ1) is 9.30. The van der Waals surface area contributed by atoms with Crippen LogP contribution in [-0.2, 0) is 19.3 Å². The Kier molecular flexibility index (Phi) is 3.90. The van der Waals surface area contributed by atoms with Gasteiger partial charge < -0.3 is 14.2 Å². The van der Waals surface area contributed by atoms with Crippen LogP contribution >= 0.6 is 0 Å². The molecular weight excluding hydrogens is 280 g/mol. The summed E-state index contributed by atoms with van der Waals surface area (Å²) in [4.78, 5) is 0.267. The fourth-order valence-electron chi connectivity index (χ4n) is 2.20. The van der Waals surface area contributed by atoms with Crippen molar-refractivity contribution in [1.29, 1.82) is 0 Å². The van der Waals surface area contributed by atoms with Crippen molar-refractivity contribution in [3.05, 3.63) is 29.8 Å². The second-order valence-electron chi connectivity index (χ2n) is 4.89. The number of sulfone groups is 1. The van der Waals surface area contributed by atoms with E-state index in [-0.39, 0.29) is 4.90 Å². The Morgan fingerprint density at radius 3 is 2.45 bits per heavy atom. The summed E-state index contributed by atoms with van der Waals surface area (Å²) < 4.78 is 39.5. The summed E-state index contributed by atoms with van der Waals surface area (Å²) in [6, 6.07) is 4.77. The van der Waals surface area contributed by atoms with E-state index in [2.05, 4.69) is 0 Å². The monoisotopic (exact) mass is 298 g/mol. The van der Waals surface area contributed by atoms with Crippen LogP contribution < -0.4 is 4.74 Å². The summed E-state index contributed by atoms with van der Waals surface area (Å²) in [6.45, 7) is 1.84. The van der Waals surface area contributed by atoms with Crippen LogP contribution in [0.1, 0.15) is 12.5 Å². The molecule has 0 fully saturated rings. The summed E-state index contributed by atoms with van der Waals surface area (Å²) >= 11 is 0. The van der Waals surface area contributed by atoms with E-state index >= 15 is 0 Å². The van der Waals surface area contributed by atoms with E-state index in [4.69, 9.17) is 14.2 Å². The minimum Gasteiger partial charge on any atom is -0.478 e. The number of methoxy groups -OCH3 is 2. The maximum absolute atomic E-state index is 11.5. The molecule has 0 bridgehead atoms. The molecule has 0 saturated heterocycles. The molecule has 0 amide bonds. The molecule has 1 heterocycles. The molecule has 0 saturated carbocycles. The van der Waals surface area contributed by atoms with E-state index < -0.39 is 21.7 Å². The summed E-state index contributed by atoms with van der Waals surface area (Å²) in [5.41, 5.74) is -0.0420. The second-order valence-corrected chi connectivity index (χ2v) is 6.91. The fraction of sp³-hybridized carbons (Fsp3) is 0.429. The summed E-state index contributed by atoms with van der Waals surface area (Å²) in [7, 11) is -0.148. The standard InChI is InChI=1S/C14H18O5S/c1-14(13(17-2)18-3)8-7-10-9-11(20(4,15)16)5-6-12(10)19-14/h5-9,13H,1-4H3/t14-/m1/s1. The average Bonchev–Trinajstić information content (AvgIpc) is 2.38. The van der Waals surface area contributed by atoms with Crippen LogP contribution in [0.5, 0.6) is 5.75 Å². The lowest BCUT2D eigenvalue weighted by Crippen LogP contribution is -2.46. The first kappa shape index (κ1) is 15.0. The SMILES string of the molecule is COC(OC)[C@@]1(C)C=Cc2cc(S(C)(=O)=O)ccc2O1. The summed E-state index contributed by atoms with van der Waals surface area (Å²) in [5.74, 6) is 0.599. The van der Waals surface area contributed by atoms with Gasteiger partial charge in [-0.25, -0.2) is 8.42 Å². The van der Waals surface area contributed by atoms with Crippen molar-refractivity contribution in [2.45, 2.75) is 23.7 Å². The van der Waals surface area contributed by atoms with Crippen molar-refractivity contribution in [3.63, 3.8) is 0 Å². The lowest BCUT2D eigenvalue weighted by molar-refractivity contribution is -0.180. The van der Waals surface area contributed by atoms with Gasteiger partial charge in [-0.05, 0) is 31.2 Å². The van der Waals surface area contributed by atoms with Gasteiger partial charge in [0.1, 0.15) is 5.75 Å². The number of ether oxygens (including phenoxy) is 3. The lowest BCUT2D eigenvalue weighted by atomic mass is 9.99. The van der Waals surface area contributed by atoms with Crippen molar-refractivity contribution in [2.24, 2.45) is 0 Å². The van der Waals surface area contributed by atoms with Crippen molar-refractivity contribution in [3.8, 4) is 5.75 Å². The molecule has 5 nitrogen and oxygen atoms in total. The number of fused-ring (bicyclic) bond motifs is 1. The molecule has 0 aliphatic carbocycles. The molecule has 0 N–H and O–H groups in total. The molecular formula is C14H18O5S. The van der Waals surface area contributed by atoms with E-state index in [1.165, 1.54) is 12.3 Å². The Bertz CT molecular complexity index is 631. The van der Waals surface area contributed by atoms with Gasteiger partial charge in [-0.15, -0.1) is 0 Å². The van der Waals surface area contributed by atoms with Gasteiger partial charge in [0.15, 0.2) is 15.4 Å². The van der Waals surface area contributed by atoms with Crippen LogP contribution in [0.15, 0.2) is 29.2 Å². The van der Waals surface area contributed by atoms with Crippen LogP contribution in [0, 0.1) is 0 Å². The maximum Gasteiger partial charge on any atom is 0.200 e.